The monoisotopic (exact) mass is 232 g/mol. The predicted octanol–water partition coefficient (Wildman–Crippen LogP) is 4.08. The van der Waals surface area contributed by atoms with Gasteiger partial charge in [0.05, 0.1) is 17.0 Å². The van der Waals surface area contributed by atoms with Gasteiger partial charge < -0.3 is 5.11 Å². The molecule has 0 heterocycles. The van der Waals surface area contributed by atoms with Crippen LogP contribution in [-0.2, 0) is 0 Å². The van der Waals surface area contributed by atoms with E-state index < -0.39 is 0 Å². The van der Waals surface area contributed by atoms with Crippen molar-refractivity contribution in [2.24, 2.45) is 4.99 Å². The van der Waals surface area contributed by atoms with Crippen molar-refractivity contribution in [1.29, 1.82) is 5.26 Å². The van der Waals surface area contributed by atoms with Crippen molar-refractivity contribution < 1.29 is 5.11 Å². The first kappa shape index (κ1) is 17.3. The van der Waals surface area contributed by atoms with Crippen molar-refractivity contribution in [3.8, 4) is 6.07 Å². The first-order valence-electron chi connectivity index (χ1n) is 5.34. The second-order valence-corrected chi connectivity index (χ2v) is 3.00. The highest BCUT2D eigenvalue weighted by molar-refractivity contribution is 5.83. The van der Waals surface area contributed by atoms with Gasteiger partial charge in [0.25, 0.3) is 0 Å². The molecule has 92 valence electrons. The molecule has 0 fully saturated rings. The lowest BCUT2D eigenvalue weighted by Crippen LogP contribution is -1.83. The third-order valence-electron chi connectivity index (χ3n) is 1.55. The number of nitriles is 1. The van der Waals surface area contributed by atoms with Crippen molar-refractivity contribution >= 4 is 6.21 Å². The Morgan fingerprint density at radius 2 is 1.76 bits per heavy atom. The van der Waals surface area contributed by atoms with Crippen molar-refractivity contribution in [1.82, 2.24) is 0 Å². The fourth-order valence-electron chi connectivity index (χ4n) is 0.628. The molecule has 0 radical (unpaired) electrons. The zero-order valence-corrected chi connectivity index (χ0v) is 11.0. The SMILES string of the molecule is C=C(C#N)C=NC(=C)/C(C)=C/C=C(\C)O.CC. The average Bonchev–Trinajstić information content (AvgIpc) is 2.34. The molecule has 0 aromatic heterocycles. The first-order valence-corrected chi connectivity index (χ1v) is 5.34. The second kappa shape index (κ2) is 10.4. The molecule has 0 bridgehead atoms. The molecule has 0 aliphatic carbocycles. The molecule has 0 aromatic carbocycles. The maximum Gasteiger partial charge on any atom is 0.100 e. The molecule has 17 heavy (non-hydrogen) atoms. The summed E-state index contributed by atoms with van der Waals surface area (Å²) in [4.78, 5) is 3.95. The standard InChI is InChI=1S/C12H14N2O.C2H6/c1-9(7-13)8-14-12(4)10(2)5-6-11(3)15;1-2/h5-6,8,15H,1,4H2,2-3H3;1-2H3/b10-5+,11-6+,14-8?;. The van der Waals surface area contributed by atoms with Gasteiger partial charge in [0.2, 0.25) is 0 Å². The molecule has 3 heteroatoms. The number of allylic oxidation sites excluding steroid dienone is 5. The highest BCUT2D eigenvalue weighted by Gasteiger charge is 1.92. The fraction of sp³-hybridized carbons (Fsp3) is 0.286. The minimum atomic E-state index is 0.215. The molecule has 0 saturated carbocycles. The highest BCUT2D eigenvalue weighted by atomic mass is 16.3. The Labute approximate surface area is 104 Å². The second-order valence-electron chi connectivity index (χ2n) is 3.00. The number of aliphatic hydroxyl groups is 1. The molecule has 0 aliphatic heterocycles. The van der Waals surface area contributed by atoms with Gasteiger partial charge in [-0.2, -0.15) is 5.26 Å². The molecule has 0 rings (SSSR count). The minimum absolute atomic E-state index is 0.215. The lowest BCUT2D eigenvalue weighted by Gasteiger charge is -1.97. The topological polar surface area (TPSA) is 56.4 Å². The van der Waals surface area contributed by atoms with Gasteiger partial charge in [0.15, 0.2) is 0 Å². The summed E-state index contributed by atoms with van der Waals surface area (Å²) in [7, 11) is 0. The van der Waals surface area contributed by atoms with Crippen LogP contribution in [0, 0.1) is 11.3 Å². The van der Waals surface area contributed by atoms with E-state index in [0.29, 0.717) is 5.70 Å². The van der Waals surface area contributed by atoms with Gasteiger partial charge >= 0.3 is 0 Å². The molecule has 0 unspecified atom stereocenters. The molecule has 0 atom stereocenters. The Bertz CT molecular complexity index is 389. The van der Waals surface area contributed by atoms with Crippen LogP contribution >= 0.6 is 0 Å². The van der Waals surface area contributed by atoms with Gasteiger partial charge in [-0.1, -0.05) is 33.1 Å². The van der Waals surface area contributed by atoms with Crippen molar-refractivity contribution in [2.45, 2.75) is 27.7 Å². The van der Waals surface area contributed by atoms with Gasteiger partial charge in [-0.3, -0.25) is 4.99 Å². The molecule has 1 N–H and O–H groups in total. The largest absolute Gasteiger partial charge is 0.513 e. The molecule has 0 aliphatic rings. The average molecular weight is 232 g/mol. The fourth-order valence-corrected chi connectivity index (χ4v) is 0.628. The summed E-state index contributed by atoms with van der Waals surface area (Å²) < 4.78 is 0. The van der Waals surface area contributed by atoms with Crippen LogP contribution in [0.2, 0.25) is 0 Å². The summed E-state index contributed by atoms with van der Waals surface area (Å²) in [6.07, 6.45) is 4.61. The molecule has 0 spiro atoms. The Balaban J connectivity index is 0. The van der Waals surface area contributed by atoms with Crippen LogP contribution < -0.4 is 0 Å². The number of aliphatic imine (C=N–C) groups is 1. The van der Waals surface area contributed by atoms with Crippen LogP contribution in [0.25, 0.3) is 0 Å². The number of rotatable bonds is 4. The maximum atomic E-state index is 8.93. The molecule has 0 aromatic rings. The maximum absolute atomic E-state index is 8.93. The molecule has 0 saturated heterocycles. The van der Waals surface area contributed by atoms with Crippen molar-refractivity contribution in [3.63, 3.8) is 0 Å². The summed E-state index contributed by atoms with van der Waals surface area (Å²) in [5.41, 5.74) is 1.62. The Morgan fingerprint density at radius 3 is 2.18 bits per heavy atom. The Morgan fingerprint density at radius 1 is 1.24 bits per heavy atom. The van der Waals surface area contributed by atoms with Crippen LogP contribution in [0.4, 0.5) is 0 Å². The number of aliphatic hydroxyl groups excluding tert-OH is 1. The summed E-state index contributed by atoms with van der Waals surface area (Å²) in [5, 5.41) is 17.4. The Hall–Kier alpha value is -2.08. The lowest BCUT2D eigenvalue weighted by molar-refractivity contribution is 0.414. The zero-order valence-electron chi connectivity index (χ0n) is 11.0. The van der Waals surface area contributed by atoms with Crippen molar-refractivity contribution in [3.05, 3.63) is 47.9 Å². The number of nitrogens with zero attached hydrogens (tertiary/aromatic N) is 2. The van der Waals surface area contributed by atoms with Gasteiger partial charge in [0.1, 0.15) is 6.07 Å². The van der Waals surface area contributed by atoms with Gasteiger partial charge in [-0.15, -0.1) is 0 Å². The van der Waals surface area contributed by atoms with Crippen molar-refractivity contribution in [2.75, 3.05) is 0 Å². The third kappa shape index (κ3) is 10.2. The first-order chi connectivity index (χ1) is 7.97. The summed E-state index contributed by atoms with van der Waals surface area (Å²) in [6.45, 7) is 14.6. The van der Waals surface area contributed by atoms with E-state index in [4.69, 9.17) is 10.4 Å². The normalized spacial score (nSPS) is 11.5. The van der Waals surface area contributed by atoms with E-state index in [1.807, 2.05) is 26.8 Å². The van der Waals surface area contributed by atoms with Crippen LogP contribution in [0.15, 0.2) is 52.9 Å². The van der Waals surface area contributed by atoms with E-state index in [1.165, 1.54) is 6.21 Å². The van der Waals surface area contributed by atoms with E-state index in [0.717, 1.165) is 5.57 Å². The molecule has 0 amide bonds. The van der Waals surface area contributed by atoms with Crippen LogP contribution in [0.5, 0.6) is 0 Å². The lowest BCUT2D eigenvalue weighted by atomic mass is 10.2. The van der Waals surface area contributed by atoms with E-state index in [9.17, 15) is 0 Å². The molecular weight excluding hydrogens is 212 g/mol. The van der Waals surface area contributed by atoms with Gasteiger partial charge in [-0.25, -0.2) is 0 Å². The quantitative estimate of drug-likeness (QED) is 0.343. The predicted molar refractivity (Wildman–Crippen MR) is 73.9 cm³/mol. The van der Waals surface area contributed by atoms with E-state index in [2.05, 4.69) is 18.2 Å². The number of hydrogen-bond donors (Lipinski definition) is 1. The van der Waals surface area contributed by atoms with E-state index >= 15 is 0 Å². The van der Waals surface area contributed by atoms with Crippen LogP contribution in [0.3, 0.4) is 0 Å². The summed E-state index contributed by atoms with van der Waals surface area (Å²) in [6, 6.07) is 1.85. The highest BCUT2D eigenvalue weighted by Crippen LogP contribution is 2.08. The van der Waals surface area contributed by atoms with Gasteiger partial charge in [0, 0.05) is 6.21 Å². The molecular formula is C14H20N2O. The Kier molecular flexibility index (Phi) is 10.6. The van der Waals surface area contributed by atoms with Crippen LogP contribution in [0.1, 0.15) is 27.7 Å². The summed E-state index contributed by atoms with van der Waals surface area (Å²) in [5.74, 6) is 0.215. The molecule has 3 nitrogen and oxygen atoms in total. The van der Waals surface area contributed by atoms with E-state index in [1.54, 1.807) is 19.1 Å². The smallest absolute Gasteiger partial charge is 0.100 e. The van der Waals surface area contributed by atoms with Crippen LogP contribution in [-0.4, -0.2) is 11.3 Å². The zero-order chi connectivity index (χ0) is 13.8. The number of hydrogen-bond acceptors (Lipinski definition) is 3. The van der Waals surface area contributed by atoms with E-state index in [-0.39, 0.29) is 11.3 Å². The minimum Gasteiger partial charge on any atom is -0.513 e. The van der Waals surface area contributed by atoms with Gasteiger partial charge in [-0.05, 0) is 25.5 Å². The summed E-state index contributed by atoms with van der Waals surface area (Å²) >= 11 is 0. The third-order valence-corrected chi connectivity index (χ3v) is 1.55.